The van der Waals surface area contributed by atoms with Gasteiger partial charge in [-0.3, -0.25) is 4.99 Å². The highest BCUT2D eigenvalue weighted by Gasteiger charge is 2.32. The van der Waals surface area contributed by atoms with Crippen LogP contribution in [-0.4, -0.2) is 30.2 Å². The summed E-state index contributed by atoms with van der Waals surface area (Å²) in [5, 5.41) is 0. The number of rotatable bonds is 0. The van der Waals surface area contributed by atoms with Crippen molar-refractivity contribution in [3.05, 3.63) is 11.8 Å². The van der Waals surface area contributed by atoms with Gasteiger partial charge in [0.1, 0.15) is 0 Å². The SMILES string of the molecule is CC(C)(C)C1N=CCCN2CCC=C12. The summed E-state index contributed by atoms with van der Waals surface area (Å²) in [6, 6.07) is 0.368. The van der Waals surface area contributed by atoms with Crippen LogP contribution in [-0.2, 0) is 0 Å². The summed E-state index contributed by atoms with van der Waals surface area (Å²) >= 11 is 0. The summed E-state index contributed by atoms with van der Waals surface area (Å²) < 4.78 is 0. The van der Waals surface area contributed by atoms with Crippen molar-refractivity contribution in [2.45, 2.75) is 39.7 Å². The Balaban J connectivity index is 2.28. The Morgan fingerprint density at radius 3 is 2.71 bits per heavy atom. The molecule has 0 fully saturated rings. The molecule has 78 valence electrons. The minimum atomic E-state index is 0.245. The number of hydrogen-bond acceptors (Lipinski definition) is 2. The molecule has 2 aliphatic heterocycles. The van der Waals surface area contributed by atoms with Gasteiger partial charge < -0.3 is 4.90 Å². The van der Waals surface area contributed by atoms with Crippen molar-refractivity contribution < 1.29 is 0 Å². The fourth-order valence-corrected chi connectivity index (χ4v) is 2.29. The molecule has 2 heterocycles. The first-order chi connectivity index (χ1) is 6.59. The maximum absolute atomic E-state index is 4.70. The fraction of sp³-hybridized carbons (Fsp3) is 0.750. The molecular formula is C12H20N2. The first-order valence-corrected chi connectivity index (χ1v) is 5.55. The van der Waals surface area contributed by atoms with Gasteiger partial charge in [0.25, 0.3) is 0 Å². The lowest BCUT2D eigenvalue weighted by Crippen LogP contribution is -2.33. The van der Waals surface area contributed by atoms with Crippen LogP contribution in [0.5, 0.6) is 0 Å². The lowest BCUT2D eigenvalue weighted by molar-refractivity contribution is 0.288. The van der Waals surface area contributed by atoms with E-state index < -0.39 is 0 Å². The zero-order valence-electron chi connectivity index (χ0n) is 9.45. The lowest BCUT2D eigenvalue weighted by Gasteiger charge is -2.32. The first-order valence-electron chi connectivity index (χ1n) is 5.55. The van der Waals surface area contributed by atoms with Gasteiger partial charge in [-0.2, -0.15) is 0 Å². The highest BCUT2D eigenvalue weighted by molar-refractivity contribution is 5.59. The summed E-state index contributed by atoms with van der Waals surface area (Å²) in [4.78, 5) is 7.21. The zero-order valence-corrected chi connectivity index (χ0v) is 9.45. The topological polar surface area (TPSA) is 15.6 Å². The molecule has 0 aromatic heterocycles. The average molecular weight is 192 g/mol. The first kappa shape index (κ1) is 9.75. The van der Waals surface area contributed by atoms with E-state index in [1.165, 1.54) is 18.7 Å². The molecule has 2 nitrogen and oxygen atoms in total. The molecule has 0 saturated heterocycles. The molecule has 0 radical (unpaired) electrons. The van der Waals surface area contributed by atoms with E-state index in [0.717, 1.165) is 13.0 Å². The van der Waals surface area contributed by atoms with E-state index >= 15 is 0 Å². The molecular weight excluding hydrogens is 172 g/mol. The van der Waals surface area contributed by atoms with Crippen LogP contribution in [0.25, 0.3) is 0 Å². The second-order valence-corrected chi connectivity index (χ2v) is 5.29. The van der Waals surface area contributed by atoms with E-state index in [2.05, 4.69) is 38.0 Å². The maximum atomic E-state index is 4.70. The monoisotopic (exact) mass is 192 g/mol. The summed E-state index contributed by atoms with van der Waals surface area (Å²) in [5.41, 5.74) is 1.71. The molecule has 0 amide bonds. The molecule has 1 unspecified atom stereocenters. The van der Waals surface area contributed by atoms with Crippen molar-refractivity contribution in [3.63, 3.8) is 0 Å². The van der Waals surface area contributed by atoms with Gasteiger partial charge in [-0.15, -0.1) is 0 Å². The summed E-state index contributed by atoms with van der Waals surface area (Å²) in [6.07, 6.45) is 6.79. The van der Waals surface area contributed by atoms with Crippen LogP contribution < -0.4 is 0 Å². The van der Waals surface area contributed by atoms with Gasteiger partial charge in [0.2, 0.25) is 0 Å². The van der Waals surface area contributed by atoms with Crippen LogP contribution in [0, 0.1) is 5.41 Å². The Kier molecular flexibility index (Phi) is 2.38. The van der Waals surface area contributed by atoms with E-state index in [-0.39, 0.29) is 5.41 Å². The van der Waals surface area contributed by atoms with Gasteiger partial charge in [0.15, 0.2) is 0 Å². The van der Waals surface area contributed by atoms with Gasteiger partial charge in [0, 0.05) is 25.0 Å². The average Bonchev–Trinajstić information content (AvgIpc) is 2.42. The van der Waals surface area contributed by atoms with Crippen LogP contribution in [0.4, 0.5) is 0 Å². The van der Waals surface area contributed by atoms with Crippen molar-refractivity contribution in [2.75, 3.05) is 13.1 Å². The Hall–Kier alpha value is -0.790. The molecule has 14 heavy (non-hydrogen) atoms. The molecule has 0 spiro atoms. The Bertz CT molecular complexity index is 271. The number of fused-ring (bicyclic) bond motifs is 1. The van der Waals surface area contributed by atoms with Gasteiger partial charge in [-0.1, -0.05) is 26.8 Å². The van der Waals surface area contributed by atoms with Crippen LogP contribution in [0.3, 0.4) is 0 Å². The van der Waals surface area contributed by atoms with Gasteiger partial charge in [-0.25, -0.2) is 0 Å². The second kappa shape index (κ2) is 3.41. The highest BCUT2D eigenvalue weighted by atomic mass is 15.2. The van der Waals surface area contributed by atoms with Gasteiger partial charge in [-0.05, 0) is 18.3 Å². The Labute approximate surface area is 86.7 Å². The molecule has 2 heteroatoms. The summed E-state index contributed by atoms with van der Waals surface area (Å²) in [7, 11) is 0. The van der Waals surface area contributed by atoms with E-state index in [1.807, 2.05) is 0 Å². The third kappa shape index (κ3) is 1.70. The highest BCUT2D eigenvalue weighted by Crippen LogP contribution is 2.33. The van der Waals surface area contributed by atoms with Crippen molar-refractivity contribution in [1.29, 1.82) is 0 Å². The molecule has 0 bridgehead atoms. The molecule has 0 aliphatic carbocycles. The van der Waals surface area contributed by atoms with Crippen LogP contribution >= 0.6 is 0 Å². The van der Waals surface area contributed by atoms with Crippen molar-refractivity contribution in [3.8, 4) is 0 Å². The van der Waals surface area contributed by atoms with Crippen molar-refractivity contribution >= 4 is 6.21 Å². The zero-order chi connectivity index (χ0) is 10.2. The lowest BCUT2D eigenvalue weighted by atomic mass is 9.85. The minimum Gasteiger partial charge on any atom is -0.373 e. The minimum absolute atomic E-state index is 0.245. The standard InChI is InChI=1S/C12H20N2/c1-12(2,3)11-10-6-4-8-14(10)9-5-7-13-11/h6-7,11H,4-5,8-9H2,1-3H3. The van der Waals surface area contributed by atoms with Crippen LogP contribution in [0.2, 0.25) is 0 Å². The third-order valence-electron chi connectivity index (χ3n) is 3.00. The number of hydrogen-bond donors (Lipinski definition) is 0. The Morgan fingerprint density at radius 2 is 2.00 bits per heavy atom. The maximum Gasteiger partial charge on any atom is 0.0937 e. The van der Waals surface area contributed by atoms with Crippen molar-refractivity contribution in [1.82, 2.24) is 4.90 Å². The predicted octanol–water partition coefficient (Wildman–Crippen LogP) is 2.47. The van der Waals surface area contributed by atoms with E-state index in [0.29, 0.717) is 6.04 Å². The molecule has 0 saturated carbocycles. The smallest absolute Gasteiger partial charge is 0.0937 e. The molecule has 0 N–H and O–H groups in total. The number of aliphatic imine (C=N–C) groups is 1. The van der Waals surface area contributed by atoms with E-state index in [9.17, 15) is 0 Å². The van der Waals surface area contributed by atoms with Crippen molar-refractivity contribution in [2.24, 2.45) is 10.4 Å². The molecule has 0 aromatic carbocycles. The normalized spacial score (nSPS) is 27.2. The van der Waals surface area contributed by atoms with E-state index in [1.54, 1.807) is 0 Å². The molecule has 2 aliphatic rings. The molecule has 0 aromatic rings. The van der Waals surface area contributed by atoms with E-state index in [4.69, 9.17) is 4.99 Å². The Morgan fingerprint density at radius 1 is 1.29 bits per heavy atom. The summed E-state index contributed by atoms with van der Waals surface area (Å²) in [6.45, 7) is 9.18. The van der Waals surface area contributed by atoms with Gasteiger partial charge >= 0.3 is 0 Å². The molecule has 2 rings (SSSR count). The van der Waals surface area contributed by atoms with Gasteiger partial charge in [0.05, 0.1) is 6.04 Å². The van der Waals surface area contributed by atoms with Crippen LogP contribution in [0.1, 0.15) is 33.6 Å². The van der Waals surface area contributed by atoms with Crippen LogP contribution in [0.15, 0.2) is 16.8 Å². The number of nitrogens with zero attached hydrogens (tertiary/aromatic N) is 2. The largest absolute Gasteiger partial charge is 0.373 e. The molecule has 1 atom stereocenters. The third-order valence-corrected chi connectivity index (χ3v) is 3.00. The quantitative estimate of drug-likeness (QED) is 0.575. The second-order valence-electron chi connectivity index (χ2n) is 5.29. The fourth-order valence-electron chi connectivity index (χ4n) is 2.29. The predicted molar refractivity (Wildman–Crippen MR) is 60.6 cm³/mol. The summed E-state index contributed by atoms with van der Waals surface area (Å²) in [5.74, 6) is 0.